The smallest absolute Gasteiger partial charge is 0.168 e. The van der Waals surface area contributed by atoms with Gasteiger partial charge in [-0.15, -0.1) is 0 Å². The van der Waals surface area contributed by atoms with E-state index in [1.807, 2.05) is 4.90 Å². The van der Waals surface area contributed by atoms with Crippen LogP contribution in [0.4, 0.5) is 14.6 Å². The molecule has 1 unspecified atom stereocenters. The number of carbonyl (C=O) groups is 1. The van der Waals surface area contributed by atoms with Crippen LogP contribution in [0.15, 0.2) is 36.7 Å². The summed E-state index contributed by atoms with van der Waals surface area (Å²) in [7, 11) is 0. The SMILES string of the molecule is CC(=O)c1cnn2ccc(N3CCCC3c3cc(F)ccc3F)nc12. The van der Waals surface area contributed by atoms with Crippen LogP contribution in [0.5, 0.6) is 0 Å². The second kappa shape index (κ2) is 5.91. The fourth-order valence-electron chi connectivity index (χ4n) is 3.40. The molecule has 1 fully saturated rings. The summed E-state index contributed by atoms with van der Waals surface area (Å²) in [6, 6.07) is 5.02. The minimum absolute atomic E-state index is 0.117. The molecule has 0 aliphatic carbocycles. The van der Waals surface area contributed by atoms with Crippen molar-refractivity contribution < 1.29 is 13.6 Å². The molecule has 5 nitrogen and oxygen atoms in total. The van der Waals surface area contributed by atoms with Gasteiger partial charge in [0, 0.05) is 18.3 Å². The summed E-state index contributed by atoms with van der Waals surface area (Å²) in [6.07, 6.45) is 4.78. The van der Waals surface area contributed by atoms with Crippen molar-refractivity contribution in [2.45, 2.75) is 25.8 Å². The minimum Gasteiger partial charge on any atom is -0.349 e. The second-order valence-electron chi connectivity index (χ2n) is 6.19. The summed E-state index contributed by atoms with van der Waals surface area (Å²) >= 11 is 0. The number of hydrogen-bond acceptors (Lipinski definition) is 4. The number of fused-ring (bicyclic) bond motifs is 1. The largest absolute Gasteiger partial charge is 0.349 e. The van der Waals surface area contributed by atoms with Gasteiger partial charge in [-0.1, -0.05) is 0 Å². The molecule has 0 amide bonds. The predicted octanol–water partition coefficient (Wildman–Crippen LogP) is 3.55. The Hall–Kier alpha value is -2.83. The highest BCUT2D eigenvalue weighted by atomic mass is 19.1. The fraction of sp³-hybridized carbons (Fsp3) is 0.278. The predicted molar refractivity (Wildman–Crippen MR) is 88.7 cm³/mol. The Balaban J connectivity index is 1.77. The molecule has 25 heavy (non-hydrogen) atoms. The lowest BCUT2D eigenvalue weighted by atomic mass is 10.0. The molecule has 2 aromatic heterocycles. The van der Waals surface area contributed by atoms with E-state index >= 15 is 0 Å². The summed E-state index contributed by atoms with van der Waals surface area (Å²) in [5.41, 5.74) is 1.24. The van der Waals surface area contributed by atoms with Gasteiger partial charge in [-0.25, -0.2) is 18.3 Å². The molecule has 3 aromatic rings. The summed E-state index contributed by atoms with van der Waals surface area (Å²) in [4.78, 5) is 18.2. The van der Waals surface area contributed by atoms with Gasteiger partial charge in [-0.2, -0.15) is 5.10 Å². The third-order valence-electron chi connectivity index (χ3n) is 4.60. The lowest BCUT2D eigenvalue weighted by Gasteiger charge is -2.26. The van der Waals surface area contributed by atoms with Gasteiger partial charge < -0.3 is 4.90 Å². The molecule has 0 spiro atoms. The van der Waals surface area contributed by atoms with E-state index in [4.69, 9.17) is 0 Å². The lowest BCUT2D eigenvalue weighted by molar-refractivity contribution is 0.101. The van der Waals surface area contributed by atoms with Crippen molar-refractivity contribution in [3.05, 3.63) is 59.4 Å². The molecule has 1 aliphatic heterocycles. The van der Waals surface area contributed by atoms with Crippen molar-refractivity contribution in [3.63, 3.8) is 0 Å². The van der Waals surface area contributed by atoms with Crippen LogP contribution in [0, 0.1) is 11.6 Å². The zero-order valence-electron chi connectivity index (χ0n) is 13.6. The van der Waals surface area contributed by atoms with Gasteiger partial charge in [0.1, 0.15) is 17.5 Å². The van der Waals surface area contributed by atoms with E-state index in [-0.39, 0.29) is 11.8 Å². The molecule has 0 N–H and O–H groups in total. The number of rotatable bonds is 3. The van der Waals surface area contributed by atoms with E-state index in [1.165, 1.54) is 23.7 Å². The molecule has 1 aromatic carbocycles. The molecule has 128 valence electrons. The lowest BCUT2D eigenvalue weighted by Crippen LogP contribution is -2.24. The van der Waals surface area contributed by atoms with Gasteiger partial charge in [-0.05, 0) is 44.0 Å². The van der Waals surface area contributed by atoms with Gasteiger partial charge in [0.05, 0.1) is 17.8 Å². The normalized spacial score (nSPS) is 17.4. The molecule has 1 atom stereocenters. The van der Waals surface area contributed by atoms with E-state index in [1.54, 1.807) is 12.3 Å². The van der Waals surface area contributed by atoms with Crippen LogP contribution in [0.25, 0.3) is 5.65 Å². The molecular weight excluding hydrogens is 326 g/mol. The molecule has 1 saturated heterocycles. The van der Waals surface area contributed by atoms with E-state index < -0.39 is 11.6 Å². The number of Topliss-reactive ketones (excluding diaryl/α,β-unsaturated/α-hetero) is 1. The van der Waals surface area contributed by atoms with Gasteiger partial charge in [-0.3, -0.25) is 4.79 Å². The maximum Gasteiger partial charge on any atom is 0.168 e. The first kappa shape index (κ1) is 15.7. The highest BCUT2D eigenvalue weighted by Crippen LogP contribution is 2.36. The number of halogens is 2. The van der Waals surface area contributed by atoms with Gasteiger partial charge in [0.2, 0.25) is 0 Å². The summed E-state index contributed by atoms with van der Waals surface area (Å²) in [5.74, 6) is -0.370. The standard InChI is InChI=1S/C18H16F2N4O/c1-11(25)14-10-21-24-8-6-17(22-18(14)24)23-7-2-3-16(23)13-9-12(19)4-5-15(13)20/h4-6,8-10,16H,2-3,7H2,1H3. The molecular formula is C18H16F2N4O. The first-order valence-electron chi connectivity index (χ1n) is 8.11. The number of hydrogen-bond donors (Lipinski definition) is 0. The fourth-order valence-corrected chi connectivity index (χ4v) is 3.40. The molecule has 0 radical (unpaired) electrons. The minimum atomic E-state index is -0.457. The number of aromatic nitrogens is 3. The van der Waals surface area contributed by atoms with E-state index in [9.17, 15) is 13.6 Å². The van der Waals surface area contributed by atoms with E-state index in [0.29, 0.717) is 35.6 Å². The van der Waals surface area contributed by atoms with Crippen LogP contribution < -0.4 is 4.90 Å². The average Bonchev–Trinajstić information content (AvgIpc) is 3.22. The number of anilines is 1. The van der Waals surface area contributed by atoms with Crippen molar-refractivity contribution in [3.8, 4) is 0 Å². The van der Waals surface area contributed by atoms with Gasteiger partial charge in [0.25, 0.3) is 0 Å². The Morgan fingerprint density at radius 3 is 2.92 bits per heavy atom. The van der Waals surface area contributed by atoms with Crippen molar-refractivity contribution in [1.29, 1.82) is 0 Å². The van der Waals surface area contributed by atoms with Crippen LogP contribution in [-0.4, -0.2) is 26.9 Å². The maximum atomic E-state index is 14.2. The maximum absolute atomic E-state index is 14.2. The highest BCUT2D eigenvalue weighted by Gasteiger charge is 2.30. The van der Waals surface area contributed by atoms with Crippen LogP contribution in [-0.2, 0) is 0 Å². The monoisotopic (exact) mass is 342 g/mol. The van der Waals surface area contributed by atoms with Gasteiger partial charge >= 0.3 is 0 Å². The van der Waals surface area contributed by atoms with Crippen molar-refractivity contribution in [2.75, 3.05) is 11.4 Å². The molecule has 1 aliphatic rings. The van der Waals surface area contributed by atoms with Crippen molar-refractivity contribution in [1.82, 2.24) is 14.6 Å². The van der Waals surface area contributed by atoms with Crippen molar-refractivity contribution in [2.24, 2.45) is 0 Å². The summed E-state index contributed by atoms with van der Waals surface area (Å²) in [5, 5.41) is 4.12. The zero-order chi connectivity index (χ0) is 17.6. The van der Waals surface area contributed by atoms with Gasteiger partial charge in [0.15, 0.2) is 11.4 Å². The Bertz CT molecular complexity index is 969. The first-order valence-corrected chi connectivity index (χ1v) is 8.11. The average molecular weight is 342 g/mol. The Labute approximate surface area is 142 Å². The Morgan fingerprint density at radius 2 is 2.12 bits per heavy atom. The number of carbonyl (C=O) groups excluding carboxylic acids is 1. The second-order valence-corrected chi connectivity index (χ2v) is 6.19. The molecule has 0 bridgehead atoms. The van der Waals surface area contributed by atoms with E-state index in [0.717, 1.165) is 18.6 Å². The molecule has 0 saturated carbocycles. The van der Waals surface area contributed by atoms with Crippen LogP contribution in [0.2, 0.25) is 0 Å². The molecule has 3 heterocycles. The quantitative estimate of drug-likeness (QED) is 0.683. The number of nitrogens with zero attached hydrogens (tertiary/aromatic N) is 4. The summed E-state index contributed by atoms with van der Waals surface area (Å²) < 4.78 is 29.3. The Kier molecular flexibility index (Phi) is 3.71. The molecule has 7 heteroatoms. The van der Waals surface area contributed by atoms with Crippen LogP contribution >= 0.6 is 0 Å². The number of benzene rings is 1. The van der Waals surface area contributed by atoms with Crippen LogP contribution in [0.3, 0.4) is 0 Å². The Morgan fingerprint density at radius 1 is 1.28 bits per heavy atom. The van der Waals surface area contributed by atoms with Crippen LogP contribution in [0.1, 0.15) is 41.7 Å². The third-order valence-corrected chi connectivity index (χ3v) is 4.60. The van der Waals surface area contributed by atoms with E-state index in [2.05, 4.69) is 10.1 Å². The third kappa shape index (κ3) is 2.65. The first-order chi connectivity index (χ1) is 12.0. The highest BCUT2D eigenvalue weighted by molar-refractivity contribution is 5.99. The number of ketones is 1. The van der Waals surface area contributed by atoms with Crippen molar-refractivity contribution >= 4 is 17.2 Å². The molecule has 4 rings (SSSR count). The zero-order valence-corrected chi connectivity index (χ0v) is 13.6. The topological polar surface area (TPSA) is 50.5 Å². The summed E-state index contributed by atoms with van der Waals surface area (Å²) in [6.45, 7) is 2.15.